The van der Waals surface area contributed by atoms with Gasteiger partial charge in [-0.2, -0.15) is 0 Å². The molecule has 0 saturated heterocycles. The molecule has 8 aromatic rings. The predicted molar refractivity (Wildman–Crippen MR) is 271 cm³/mol. The second-order valence-electron chi connectivity index (χ2n) is 19.4. The molecule has 336 valence electrons. The monoisotopic (exact) mass is 1050 g/mol. The van der Waals surface area contributed by atoms with Gasteiger partial charge in [0.1, 0.15) is 11.6 Å². The molecule has 0 aliphatic rings. The summed E-state index contributed by atoms with van der Waals surface area (Å²) >= 11 is 0. The average molecular weight is 1050 g/mol. The van der Waals surface area contributed by atoms with Gasteiger partial charge < -0.3 is 5.11 Å². The Bertz CT molecular complexity index is 3710. The summed E-state index contributed by atoms with van der Waals surface area (Å²) in [7, 11) is 0. The standard InChI is InChI=1S/C60H64N3O.Pt/c1-14-60(12,13)45-27-28-52(48(37-45)40-19-16-15-17-20-40)63-53-22-18-21-47(54(53)62-56(63)49-31-38(2)32-50(55(49)64)59(9,10)11)42-33-43(35-46(34-42)58(6,7)8)51-36-41(29-30-61-51)39-23-25-44(26-24-39)57(3,4)5;/h15-32,34-37,64H,14H2,1-13H3;/q-1;/i3D3,4D3,5D3,23D,24D,25D,26D,29D,30D,36D;. The first-order valence-electron chi connectivity index (χ1n) is 29.6. The zero-order chi connectivity index (χ0) is 59.5. The van der Waals surface area contributed by atoms with Crippen LogP contribution in [0.5, 0.6) is 5.75 Å². The largest absolute Gasteiger partial charge is 0.507 e. The number of benzene rings is 6. The number of hydrogen-bond acceptors (Lipinski definition) is 3. The number of phenolic OH excluding ortho intramolecular Hbond substituents is 1. The molecule has 8 rings (SSSR count). The number of para-hydroxylation sites is 1. The second kappa shape index (κ2) is 17.7. The Hall–Kier alpha value is -5.57. The average Bonchev–Trinajstić information content (AvgIpc) is 2.77. The molecule has 0 spiro atoms. The minimum Gasteiger partial charge on any atom is -0.507 e. The van der Waals surface area contributed by atoms with E-state index in [2.05, 4.69) is 66.7 Å². The zero-order valence-corrected chi connectivity index (χ0v) is 40.7. The summed E-state index contributed by atoms with van der Waals surface area (Å²) in [6, 6.07) is 26.9. The summed E-state index contributed by atoms with van der Waals surface area (Å²) in [5, 5.41) is 12.4. The van der Waals surface area contributed by atoms with Crippen molar-refractivity contribution >= 4 is 11.0 Å². The molecule has 0 unspecified atom stereocenters. The Labute approximate surface area is 425 Å². The maximum Gasteiger partial charge on any atom is 0.148 e. The number of aromatic hydroxyl groups is 1. The molecular formula is C60H64N3OPt-. The molecule has 1 N–H and O–H groups in total. The van der Waals surface area contributed by atoms with Gasteiger partial charge in [-0.15, -0.1) is 29.3 Å². The molecular weight excluding hydrogens is 974 g/mol. The number of aryl methyl sites for hydroxylation is 1. The predicted octanol–water partition coefficient (Wildman–Crippen LogP) is 16.1. The van der Waals surface area contributed by atoms with E-state index in [1.807, 2.05) is 103 Å². The zero-order valence-electron chi connectivity index (χ0n) is 54.5. The number of aromatic nitrogens is 3. The van der Waals surface area contributed by atoms with Crippen molar-refractivity contribution in [1.29, 1.82) is 0 Å². The van der Waals surface area contributed by atoms with Gasteiger partial charge >= 0.3 is 0 Å². The normalized spacial score (nSPS) is 16.5. The van der Waals surface area contributed by atoms with Crippen LogP contribution in [0, 0.1) is 13.0 Å². The third-order valence-electron chi connectivity index (χ3n) is 12.1. The summed E-state index contributed by atoms with van der Waals surface area (Å²) in [6.07, 6.45) is 0.141. The Morgan fingerprint density at radius 1 is 0.662 bits per heavy atom. The summed E-state index contributed by atoms with van der Waals surface area (Å²) in [6.45, 7) is 8.81. The molecule has 65 heavy (non-hydrogen) atoms. The number of fused-ring (bicyclic) bond motifs is 1. The number of pyridine rings is 1. The third kappa shape index (κ3) is 9.43. The fourth-order valence-electron chi connectivity index (χ4n) is 7.94. The second-order valence-corrected chi connectivity index (χ2v) is 19.4. The summed E-state index contributed by atoms with van der Waals surface area (Å²) in [4.78, 5) is 9.87. The molecule has 0 fully saturated rings. The fraction of sp³-hybridized carbons (Fsp3) is 0.300. The number of imidazole rings is 1. The number of rotatable bonds is 8. The summed E-state index contributed by atoms with van der Waals surface area (Å²) < 4.78 is 141. The third-order valence-corrected chi connectivity index (χ3v) is 12.1. The smallest absolute Gasteiger partial charge is 0.148 e. The topological polar surface area (TPSA) is 50.9 Å². The van der Waals surface area contributed by atoms with Gasteiger partial charge in [0.15, 0.2) is 0 Å². The van der Waals surface area contributed by atoms with Crippen LogP contribution < -0.4 is 0 Å². The van der Waals surface area contributed by atoms with E-state index in [0.717, 1.165) is 39.9 Å². The Morgan fingerprint density at radius 3 is 2.03 bits per heavy atom. The van der Waals surface area contributed by atoms with Gasteiger partial charge in [0, 0.05) is 56.4 Å². The van der Waals surface area contributed by atoms with Crippen LogP contribution in [0.15, 0.2) is 133 Å². The molecule has 0 amide bonds. The Morgan fingerprint density at radius 2 is 1.37 bits per heavy atom. The summed E-state index contributed by atoms with van der Waals surface area (Å²) in [5.41, 5.74) is 0.860. The van der Waals surface area contributed by atoms with Crippen LogP contribution in [-0.4, -0.2) is 19.6 Å². The molecule has 0 radical (unpaired) electrons. The van der Waals surface area contributed by atoms with E-state index in [9.17, 15) is 9.22 Å². The van der Waals surface area contributed by atoms with Crippen molar-refractivity contribution in [2.45, 2.75) is 118 Å². The SMILES string of the molecule is [2H]c1nc(-c2[c-]c(-c3cccc4c3nc(-c3cc(C)cc(C(C)(C)C)c3O)n4-c3ccc(C(C)(C)CC)cc3-c3ccccc3)cc(C(C)(C)C)c2)c([2H])c(-c2c([2H])c([2H])c(C(C([2H])([2H])[2H])(C([2H])([2H])[2H])C([2H])([2H])[2H])c([2H])c2[2H])c1[2H].[Pt]. The number of nitrogens with zero attached hydrogens (tertiary/aromatic N) is 3. The van der Waals surface area contributed by atoms with Crippen LogP contribution in [0.25, 0.3) is 72.7 Å². The van der Waals surface area contributed by atoms with Crippen LogP contribution in [0.4, 0.5) is 0 Å². The minimum atomic E-state index is -3.93. The Balaban J connectivity index is 0.00000946. The first-order chi connectivity index (χ1) is 36.8. The van der Waals surface area contributed by atoms with Crippen molar-refractivity contribution in [3.63, 3.8) is 0 Å². The van der Waals surface area contributed by atoms with Gasteiger partial charge in [0.05, 0.1) is 31.9 Å². The van der Waals surface area contributed by atoms with Crippen molar-refractivity contribution in [1.82, 2.24) is 14.5 Å². The van der Waals surface area contributed by atoms with Crippen LogP contribution in [0.1, 0.15) is 139 Å². The molecule has 4 nitrogen and oxygen atoms in total. The van der Waals surface area contributed by atoms with Crippen LogP contribution >= 0.6 is 0 Å². The van der Waals surface area contributed by atoms with E-state index < -0.39 is 95.9 Å². The molecule has 6 aromatic carbocycles. The van der Waals surface area contributed by atoms with Crippen molar-refractivity contribution in [2.24, 2.45) is 0 Å². The van der Waals surface area contributed by atoms with Crippen molar-refractivity contribution in [2.75, 3.05) is 0 Å². The van der Waals surface area contributed by atoms with Gasteiger partial charge in [-0.25, -0.2) is 4.98 Å². The molecule has 0 bridgehead atoms. The van der Waals surface area contributed by atoms with Crippen LogP contribution in [0.2, 0.25) is 0 Å². The van der Waals surface area contributed by atoms with E-state index >= 15 is 0 Å². The van der Waals surface area contributed by atoms with E-state index in [0.29, 0.717) is 39.1 Å². The molecule has 2 heterocycles. The van der Waals surface area contributed by atoms with Gasteiger partial charge in [-0.1, -0.05) is 179 Å². The molecule has 0 aliphatic carbocycles. The first kappa shape index (κ1) is 30.6. The quantitative estimate of drug-likeness (QED) is 0.154. The van der Waals surface area contributed by atoms with Crippen molar-refractivity contribution in [3.8, 4) is 67.5 Å². The molecule has 0 aliphatic heterocycles. The van der Waals surface area contributed by atoms with Gasteiger partial charge in [-0.3, -0.25) is 9.55 Å². The van der Waals surface area contributed by atoms with Gasteiger partial charge in [-0.05, 0) is 98.7 Å². The molecule has 0 saturated carbocycles. The van der Waals surface area contributed by atoms with E-state index in [4.69, 9.17) is 22.8 Å². The maximum absolute atomic E-state index is 12.4. The molecule has 0 atom stereocenters. The first-order valence-corrected chi connectivity index (χ1v) is 21.6. The number of hydrogen-bond donors (Lipinski definition) is 1. The van der Waals surface area contributed by atoms with E-state index in [1.54, 1.807) is 6.07 Å². The number of phenols is 1. The maximum atomic E-state index is 12.4. The Kier molecular flexibility index (Phi) is 8.32. The molecule has 5 heteroatoms. The van der Waals surface area contributed by atoms with Crippen molar-refractivity contribution < 1.29 is 48.1 Å². The molecule has 2 aromatic heterocycles. The van der Waals surface area contributed by atoms with E-state index in [-0.39, 0.29) is 43.5 Å². The van der Waals surface area contributed by atoms with E-state index in [1.165, 1.54) is 0 Å². The van der Waals surface area contributed by atoms with Gasteiger partial charge in [0.2, 0.25) is 0 Å². The minimum absolute atomic E-state index is 0. The van der Waals surface area contributed by atoms with Gasteiger partial charge in [0.25, 0.3) is 0 Å². The van der Waals surface area contributed by atoms with Crippen LogP contribution in [-0.2, 0) is 42.7 Å². The fourth-order valence-corrected chi connectivity index (χ4v) is 7.94. The van der Waals surface area contributed by atoms with Crippen LogP contribution in [0.3, 0.4) is 0 Å². The van der Waals surface area contributed by atoms with Crippen molar-refractivity contribution in [3.05, 3.63) is 167 Å². The summed E-state index contributed by atoms with van der Waals surface area (Å²) in [5.74, 6) is 0.529.